The first-order valence-corrected chi connectivity index (χ1v) is 7.01. The van der Waals surface area contributed by atoms with E-state index in [0.717, 1.165) is 16.9 Å². The van der Waals surface area contributed by atoms with Crippen LogP contribution in [-0.2, 0) is 0 Å². The van der Waals surface area contributed by atoms with Gasteiger partial charge < -0.3 is 9.84 Å². The number of rotatable bonds is 0. The van der Waals surface area contributed by atoms with Crippen LogP contribution in [0.15, 0.2) is 12.1 Å². The van der Waals surface area contributed by atoms with Crippen LogP contribution in [0.25, 0.3) is 0 Å². The lowest BCUT2D eigenvalue weighted by atomic mass is 9.66. The lowest BCUT2D eigenvalue weighted by molar-refractivity contribution is -0.00716. The van der Waals surface area contributed by atoms with Crippen LogP contribution in [0.2, 0.25) is 0 Å². The molecule has 0 spiro atoms. The lowest BCUT2D eigenvalue weighted by Crippen LogP contribution is -2.45. The molecule has 0 saturated heterocycles. The van der Waals surface area contributed by atoms with Crippen molar-refractivity contribution in [3.05, 3.63) is 23.3 Å². The van der Waals surface area contributed by atoms with Gasteiger partial charge >= 0.3 is 0 Å². The van der Waals surface area contributed by atoms with Gasteiger partial charge in [-0.15, -0.1) is 0 Å². The summed E-state index contributed by atoms with van der Waals surface area (Å²) in [6.07, 6.45) is 4.95. The van der Waals surface area contributed by atoms with Crippen LogP contribution in [0.1, 0.15) is 56.6 Å². The molecule has 18 heavy (non-hydrogen) atoms. The van der Waals surface area contributed by atoms with Crippen LogP contribution in [0.3, 0.4) is 0 Å². The van der Waals surface area contributed by atoms with Gasteiger partial charge in [0.15, 0.2) is 0 Å². The average Bonchev–Trinajstić information content (AvgIpc) is 2.27. The fourth-order valence-corrected chi connectivity index (χ4v) is 3.87. The van der Waals surface area contributed by atoms with Crippen LogP contribution in [-0.4, -0.2) is 10.7 Å². The Morgan fingerprint density at radius 2 is 1.94 bits per heavy atom. The van der Waals surface area contributed by atoms with Gasteiger partial charge in [0.2, 0.25) is 0 Å². The van der Waals surface area contributed by atoms with E-state index < -0.39 is 0 Å². The third kappa shape index (κ3) is 1.70. The van der Waals surface area contributed by atoms with Crippen molar-refractivity contribution < 1.29 is 9.84 Å². The Kier molecular flexibility index (Phi) is 2.58. The van der Waals surface area contributed by atoms with Gasteiger partial charge in [-0.1, -0.05) is 12.8 Å². The number of benzene rings is 1. The van der Waals surface area contributed by atoms with Crippen LogP contribution in [0, 0.1) is 12.8 Å². The molecule has 1 fully saturated rings. The van der Waals surface area contributed by atoms with Gasteiger partial charge in [-0.3, -0.25) is 0 Å². The maximum Gasteiger partial charge on any atom is 0.127 e. The van der Waals surface area contributed by atoms with E-state index in [-0.39, 0.29) is 5.60 Å². The number of ether oxygens (including phenoxy) is 1. The summed E-state index contributed by atoms with van der Waals surface area (Å²) in [4.78, 5) is 0. The van der Waals surface area contributed by atoms with Crippen molar-refractivity contribution in [1.29, 1.82) is 0 Å². The minimum absolute atomic E-state index is 0.113. The quantitative estimate of drug-likeness (QED) is 0.745. The summed E-state index contributed by atoms with van der Waals surface area (Å²) < 4.78 is 6.19. The molecule has 1 aliphatic carbocycles. The summed E-state index contributed by atoms with van der Waals surface area (Å²) in [6, 6.07) is 3.94. The maximum atomic E-state index is 10.3. The van der Waals surface area contributed by atoms with Gasteiger partial charge in [-0.2, -0.15) is 0 Å². The van der Waals surface area contributed by atoms with E-state index in [9.17, 15) is 5.11 Å². The molecule has 1 N–H and O–H groups in total. The summed E-state index contributed by atoms with van der Waals surface area (Å²) in [6.45, 7) is 6.39. The number of aromatic hydroxyl groups is 1. The fraction of sp³-hybridized carbons (Fsp3) is 0.625. The highest BCUT2D eigenvalue weighted by Gasteiger charge is 2.45. The molecule has 2 heteroatoms. The zero-order valence-electron chi connectivity index (χ0n) is 11.5. The van der Waals surface area contributed by atoms with E-state index in [1.165, 1.54) is 25.7 Å². The molecule has 2 atom stereocenters. The summed E-state index contributed by atoms with van der Waals surface area (Å²) in [5.41, 5.74) is 2.01. The van der Waals surface area contributed by atoms with Crippen molar-refractivity contribution >= 4 is 0 Å². The Balaban J connectivity index is 2.14. The van der Waals surface area contributed by atoms with E-state index in [1.54, 1.807) is 0 Å². The predicted octanol–water partition coefficient (Wildman–Crippen LogP) is 4.15. The van der Waals surface area contributed by atoms with Gasteiger partial charge in [0.1, 0.15) is 17.1 Å². The summed E-state index contributed by atoms with van der Waals surface area (Å²) in [5, 5.41) is 10.3. The Morgan fingerprint density at radius 1 is 1.22 bits per heavy atom. The number of hydrogen-bond donors (Lipinski definition) is 1. The molecule has 3 rings (SSSR count). The molecule has 0 aromatic heterocycles. The highest BCUT2D eigenvalue weighted by Crippen LogP contribution is 2.54. The second-order valence-corrected chi connectivity index (χ2v) is 6.40. The first-order valence-electron chi connectivity index (χ1n) is 7.01. The standard InChI is InChI=1S/C16H22O2/c1-10-8-13(17)15-11-6-4-5-7-12(11)16(2,3)18-14(15)9-10/h8-9,11-12,17H,4-7H2,1-3H3. The molecule has 1 saturated carbocycles. The van der Waals surface area contributed by atoms with Crippen LogP contribution < -0.4 is 4.74 Å². The molecule has 0 bridgehead atoms. The van der Waals surface area contributed by atoms with Gasteiger partial charge in [0, 0.05) is 11.5 Å². The lowest BCUT2D eigenvalue weighted by Gasteiger charge is -2.47. The van der Waals surface area contributed by atoms with E-state index in [1.807, 2.05) is 13.0 Å². The highest BCUT2D eigenvalue weighted by molar-refractivity contribution is 5.51. The number of aryl methyl sites for hydroxylation is 1. The number of fused-ring (bicyclic) bond motifs is 3. The molecule has 1 heterocycles. The van der Waals surface area contributed by atoms with E-state index in [0.29, 0.717) is 17.6 Å². The molecule has 2 unspecified atom stereocenters. The van der Waals surface area contributed by atoms with Gasteiger partial charge in [-0.25, -0.2) is 0 Å². The average molecular weight is 246 g/mol. The molecule has 0 radical (unpaired) electrons. The minimum Gasteiger partial charge on any atom is -0.508 e. The number of hydrogen-bond acceptors (Lipinski definition) is 2. The minimum atomic E-state index is -0.113. The Hall–Kier alpha value is -1.18. The smallest absolute Gasteiger partial charge is 0.127 e. The molecule has 98 valence electrons. The summed E-state index contributed by atoms with van der Waals surface area (Å²) >= 11 is 0. The Morgan fingerprint density at radius 3 is 2.72 bits per heavy atom. The largest absolute Gasteiger partial charge is 0.508 e. The third-order valence-electron chi connectivity index (χ3n) is 4.67. The first-order chi connectivity index (χ1) is 8.49. The fourth-order valence-electron chi connectivity index (χ4n) is 3.87. The topological polar surface area (TPSA) is 29.5 Å². The summed E-state index contributed by atoms with van der Waals surface area (Å²) in [7, 11) is 0. The zero-order chi connectivity index (χ0) is 12.9. The molecule has 2 aliphatic rings. The van der Waals surface area contributed by atoms with E-state index in [4.69, 9.17) is 4.74 Å². The van der Waals surface area contributed by atoms with Crippen molar-refractivity contribution in [2.45, 2.75) is 58.0 Å². The van der Waals surface area contributed by atoms with Gasteiger partial charge in [-0.05, 0) is 57.2 Å². The Labute approximate surface area is 109 Å². The monoisotopic (exact) mass is 246 g/mol. The van der Waals surface area contributed by atoms with E-state index in [2.05, 4.69) is 19.9 Å². The second kappa shape index (κ2) is 3.91. The molecule has 0 amide bonds. The normalized spacial score (nSPS) is 29.1. The van der Waals surface area contributed by atoms with Crippen LogP contribution in [0.5, 0.6) is 11.5 Å². The van der Waals surface area contributed by atoms with Crippen LogP contribution >= 0.6 is 0 Å². The molecule has 2 nitrogen and oxygen atoms in total. The van der Waals surface area contributed by atoms with Crippen LogP contribution in [0.4, 0.5) is 0 Å². The van der Waals surface area contributed by atoms with Crippen molar-refractivity contribution in [3.63, 3.8) is 0 Å². The Bertz CT molecular complexity index is 476. The molecule has 1 aliphatic heterocycles. The van der Waals surface area contributed by atoms with E-state index >= 15 is 0 Å². The number of phenols is 1. The predicted molar refractivity (Wildman–Crippen MR) is 72.2 cm³/mol. The zero-order valence-corrected chi connectivity index (χ0v) is 11.5. The molecule has 1 aromatic rings. The van der Waals surface area contributed by atoms with Gasteiger partial charge in [0.05, 0.1) is 0 Å². The summed E-state index contributed by atoms with van der Waals surface area (Å²) in [5.74, 6) is 2.34. The van der Waals surface area contributed by atoms with Crippen molar-refractivity contribution in [2.75, 3.05) is 0 Å². The third-order valence-corrected chi connectivity index (χ3v) is 4.67. The molecular formula is C16H22O2. The van der Waals surface area contributed by atoms with Crippen molar-refractivity contribution in [1.82, 2.24) is 0 Å². The second-order valence-electron chi connectivity index (χ2n) is 6.40. The van der Waals surface area contributed by atoms with Crippen molar-refractivity contribution in [2.24, 2.45) is 5.92 Å². The maximum absolute atomic E-state index is 10.3. The first kappa shape index (κ1) is 11.9. The number of phenolic OH excluding ortho intramolecular Hbond substituents is 1. The van der Waals surface area contributed by atoms with Gasteiger partial charge in [0.25, 0.3) is 0 Å². The molecule has 1 aromatic carbocycles. The SMILES string of the molecule is Cc1cc(O)c2c(c1)OC(C)(C)C1CCCCC21. The highest BCUT2D eigenvalue weighted by atomic mass is 16.5. The molecular weight excluding hydrogens is 224 g/mol. The van der Waals surface area contributed by atoms with Crippen molar-refractivity contribution in [3.8, 4) is 11.5 Å².